The fraction of sp³-hybridized carbons (Fsp3) is 0.167. The van der Waals surface area contributed by atoms with Crippen molar-refractivity contribution in [3.05, 3.63) is 72.3 Å². The second kappa shape index (κ2) is 7.29. The molecule has 0 saturated carbocycles. The monoisotopic (exact) mass is 282 g/mol. The Balaban J connectivity index is 1.99. The summed E-state index contributed by atoms with van der Waals surface area (Å²) in [4.78, 5) is 12.0. The molecule has 2 rings (SSSR count). The van der Waals surface area contributed by atoms with Crippen LogP contribution in [0.5, 0.6) is 11.5 Å². The minimum absolute atomic E-state index is 0.378. The molecule has 0 N–H and O–H groups in total. The smallest absolute Gasteiger partial charge is 0.343 e. The average molecular weight is 282 g/mol. The summed E-state index contributed by atoms with van der Waals surface area (Å²) in [5, 5.41) is 0. The number of hydrogen-bond donors (Lipinski definition) is 0. The first kappa shape index (κ1) is 14.9. The molecule has 0 amide bonds. The highest BCUT2D eigenvalue weighted by Crippen LogP contribution is 2.17. The van der Waals surface area contributed by atoms with Crippen molar-refractivity contribution in [3.63, 3.8) is 0 Å². The van der Waals surface area contributed by atoms with Gasteiger partial charge < -0.3 is 9.47 Å². The lowest BCUT2D eigenvalue weighted by molar-refractivity contribution is 0.0734. The molecule has 2 aromatic rings. The number of hydrogen-bond acceptors (Lipinski definition) is 3. The molecule has 3 heteroatoms. The van der Waals surface area contributed by atoms with Gasteiger partial charge in [0.1, 0.15) is 11.5 Å². The third-order valence-electron chi connectivity index (χ3n) is 3.10. The molecule has 0 aliphatic rings. The number of aryl methyl sites for hydroxylation is 1. The van der Waals surface area contributed by atoms with Crippen LogP contribution in [-0.4, -0.2) is 13.1 Å². The summed E-state index contributed by atoms with van der Waals surface area (Å²) in [5.74, 6) is 0.868. The molecule has 21 heavy (non-hydrogen) atoms. The van der Waals surface area contributed by atoms with E-state index in [2.05, 4.69) is 6.58 Å². The van der Waals surface area contributed by atoms with Crippen molar-refractivity contribution in [2.45, 2.75) is 12.8 Å². The molecule has 108 valence electrons. The summed E-state index contributed by atoms with van der Waals surface area (Å²) in [6.07, 6.45) is 3.76. The van der Waals surface area contributed by atoms with Gasteiger partial charge in [0.25, 0.3) is 0 Å². The first-order chi connectivity index (χ1) is 10.2. The highest BCUT2D eigenvalue weighted by molar-refractivity contribution is 5.91. The van der Waals surface area contributed by atoms with Gasteiger partial charge in [-0.1, -0.05) is 18.2 Å². The molecule has 0 saturated heterocycles. The number of esters is 1. The van der Waals surface area contributed by atoms with E-state index in [1.54, 1.807) is 43.5 Å². The topological polar surface area (TPSA) is 35.5 Å². The maximum Gasteiger partial charge on any atom is 0.343 e. The van der Waals surface area contributed by atoms with Crippen LogP contribution in [0.4, 0.5) is 0 Å². The molecule has 0 spiro atoms. The number of allylic oxidation sites excluding steroid dienone is 1. The quantitative estimate of drug-likeness (QED) is 0.456. The Hall–Kier alpha value is -2.55. The summed E-state index contributed by atoms with van der Waals surface area (Å²) in [6, 6.07) is 14.4. The van der Waals surface area contributed by atoms with Gasteiger partial charge in [-0.05, 0) is 54.8 Å². The van der Waals surface area contributed by atoms with Crippen molar-refractivity contribution in [2.24, 2.45) is 0 Å². The van der Waals surface area contributed by atoms with Gasteiger partial charge in [-0.2, -0.15) is 0 Å². The SMILES string of the molecule is C=CCCc1ccc(OC(=O)c2ccc(OC)cc2)cc1. The Morgan fingerprint density at radius 1 is 1.05 bits per heavy atom. The third kappa shape index (κ3) is 4.21. The molecule has 0 heterocycles. The maximum atomic E-state index is 12.0. The van der Waals surface area contributed by atoms with Crippen molar-refractivity contribution < 1.29 is 14.3 Å². The van der Waals surface area contributed by atoms with Gasteiger partial charge in [-0.3, -0.25) is 0 Å². The first-order valence-corrected chi connectivity index (χ1v) is 6.79. The molecular weight excluding hydrogens is 264 g/mol. The molecule has 0 unspecified atom stereocenters. The Kier molecular flexibility index (Phi) is 5.16. The lowest BCUT2D eigenvalue weighted by atomic mass is 10.1. The zero-order chi connectivity index (χ0) is 15.1. The van der Waals surface area contributed by atoms with E-state index in [9.17, 15) is 4.79 Å². The zero-order valence-electron chi connectivity index (χ0n) is 12.0. The number of methoxy groups -OCH3 is 1. The van der Waals surface area contributed by atoms with Crippen LogP contribution in [0.25, 0.3) is 0 Å². The molecular formula is C18H18O3. The van der Waals surface area contributed by atoms with Gasteiger partial charge in [-0.15, -0.1) is 6.58 Å². The average Bonchev–Trinajstić information content (AvgIpc) is 2.54. The van der Waals surface area contributed by atoms with Gasteiger partial charge in [0, 0.05) is 0 Å². The minimum atomic E-state index is -0.378. The normalized spacial score (nSPS) is 9.95. The molecule has 2 aromatic carbocycles. The fourth-order valence-electron chi connectivity index (χ4n) is 1.89. The van der Waals surface area contributed by atoms with Crippen LogP contribution in [0, 0.1) is 0 Å². The van der Waals surface area contributed by atoms with E-state index in [-0.39, 0.29) is 5.97 Å². The third-order valence-corrected chi connectivity index (χ3v) is 3.10. The Bertz CT molecular complexity index is 597. The maximum absolute atomic E-state index is 12.0. The van der Waals surface area contributed by atoms with Gasteiger partial charge in [-0.25, -0.2) is 4.79 Å². The second-order valence-electron chi connectivity index (χ2n) is 4.59. The highest BCUT2D eigenvalue weighted by Gasteiger charge is 2.08. The largest absolute Gasteiger partial charge is 0.497 e. The van der Waals surface area contributed by atoms with Crippen molar-refractivity contribution in [2.75, 3.05) is 7.11 Å². The lowest BCUT2D eigenvalue weighted by Gasteiger charge is -2.06. The number of rotatable bonds is 6. The van der Waals surface area contributed by atoms with Crippen LogP contribution in [0.15, 0.2) is 61.2 Å². The van der Waals surface area contributed by atoms with E-state index in [1.165, 1.54) is 5.56 Å². The van der Waals surface area contributed by atoms with Crippen LogP contribution in [-0.2, 0) is 6.42 Å². The van der Waals surface area contributed by atoms with Gasteiger partial charge >= 0.3 is 5.97 Å². The van der Waals surface area contributed by atoms with Gasteiger partial charge in [0.05, 0.1) is 12.7 Å². The predicted octanol–water partition coefficient (Wildman–Crippen LogP) is 4.03. The standard InChI is InChI=1S/C18H18O3/c1-3-4-5-14-6-10-17(11-7-14)21-18(19)15-8-12-16(20-2)13-9-15/h3,6-13H,1,4-5H2,2H3. The summed E-state index contributed by atoms with van der Waals surface area (Å²) in [5.41, 5.74) is 1.69. The molecule has 3 nitrogen and oxygen atoms in total. The second-order valence-corrected chi connectivity index (χ2v) is 4.59. The van der Waals surface area contributed by atoms with E-state index in [1.807, 2.05) is 18.2 Å². The molecule has 0 bridgehead atoms. The molecule has 0 radical (unpaired) electrons. The number of ether oxygens (including phenoxy) is 2. The number of carbonyl (C=O) groups is 1. The summed E-state index contributed by atoms with van der Waals surface area (Å²) >= 11 is 0. The van der Waals surface area contributed by atoms with Gasteiger partial charge in [0.15, 0.2) is 0 Å². The van der Waals surface area contributed by atoms with Crippen molar-refractivity contribution in [3.8, 4) is 11.5 Å². The Morgan fingerprint density at radius 2 is 1.67 bits per heavy atom. The number of benzene rings is 2. The van der Waals surface area contributed by atoms with Crippen LogP contribution in [0.2, 0.25) is 0 Å². The summed E-state index contributed by atoms with van der Waals surface area (Å²) in [7, 11) is 1.58. The van der Waals surface area contributed by atoms with Crippen LogP contribution in [0.3, 0.4) is 0 Å². The zero-order valence-corrected chi connectivity index (χ0v) is 12.0. The first-order valence-electron chi connectivity index (χ1n) is 6.79. The molecule has 0 aliphatic carbocycles. The van der Waals surface area contributed by atoms with Crippen molar-refractivity contribution in [1.29, 1.82) is 0 Å². The van der Waals surface area contributed by atoms with E-state index >= 15 is 0 Å². The Labute approximate surface area is 124 Å². The summed E-state index contributed by atoms with van der Waals surface area (Å²) < 4.78 is 10.4. The molecule has 0 aromatic heterocycles. The van der Waals surface area contributed by atoms with E-state index < -0.39 is 0 Å². The molecule has 0 atom stereocenters. The molecule has 0 aliphatic heterocycles. The minimum Gasteiger partial charge on any atom is -0.497 e. The van der Waals surface area contributed by atoms with Crippen LogP contribution >= 0.6 is 0 Å². The van der Waals surface area contributed by atoms with Crippen LogP contribution < -0.4 is 9.47 Å². The van der Waals surface area contributed by atoms with Gasteiger partial charge in [0.2, 0.25) is 0 Å². The van der Waals surface area contributed by atoms with E-state index in [4.69, 9.17) is 9.47 Å². The molecule has 0 fully saturated rings. The van der Waals surface area contributed by atoms with Crippen molar-refractivity contribution >= 4 is 5.97 Å². The summed E-state index contributed by atoms with van der Waals surface area (Å²) in [6.45, 7) is 3.70. The Morgan fingerprint density at radius 3 is 2.24 bits per heavy atom. The van der Waals surface area contributed by atoms with E-state index in [0.717, 1.165) is 12.8 Å². The van der Waals surface area contributed by atoms with Crippen LogP contribution in [0.1, 0.15) is 22.3 Å². The predicted molar refractivity (Wildman–Crippen MR) is 82.9 cm³/mol. The highest BCUT2D eigenvalue weighted by atomic mass is 16.5. The number of carbonyl (C=O) groups excluding carboxylic acids is 1. The fourth-order valence-corrected chi connectivity index (χ4v) is 1.89. The lowest BCUT2D eigenvalue weighted by Crippen LogP contribution is -2.08. The van der Waals surface area contributed by atoms with E-state index in [0.29, 0.717) is 17.1 Å². The van der Waals surface area contributed by atoms with Crippen molar-refractivity contribution in [1.82, 2.24) is 0 Å².